The summed E-state index contributed by atoms with van der Waals surface area (Å²) in [6, 6.07) is 3.91. The molecule has 108 valence electrons. The minimum Gasteiger partial charge on any atom is -0.311 e. The highest BCUT2D eigenvalue weighted by Crippen LogP contribution is 2.02. The Hall–Kier alpha value is -2.54. The summed E-state index contributed by atoms with van der Waals surface area (Å²) in [6.07, 6.45) is 6.70. The highest BCUT2D eigenvalue weighted by atomic mass is 16.1. The molecular formula is C14H16N6O. The molecule has 0 radical (unpaired) electrons. The van der Waals surface area contributed by atoms with E-state index in [2.05, 4.69) is 20.4 Å². The molecule has 3 heterocycles. The van der Waals surface area contributed by atoms with Gasteiger partial charge in [0.1, 0.15) is 11.7 Å². The van der Waals surface area contributed by atoms with E-state index in [-0.39, 0.29) is 5.56 Å². The van der Waals surface area contributed by atoms with Gasteiger partial charge in [-0.05, 0) is 11.6 Å². The second-order valence-electron chi connectivity index (χ2n) is 4.79. The van der Waals surface area contributed by atoms with Gasteiger partial charge in [0.15, 0.2) is 5.65 Å². The van der Waals surface area contributed by atoms with Gasteiger partial charge in [-0.3, -0.25) is 19.0 Å². The molecule has 21 heavy (non-hydrogen) atoms. The van der Waals surface area contributed by atoms with Crippen LogP contribution in [-0.2, 0) is 20.1 Å². The lowest BCUT2D eigenvalue weighted by molar-refractivity contribution is 0.581. The summed E-state index contributed by atoms with van der Waals surface area (Å²) in [5.74, 6) is 0. The van der Waals surface area contributed by atoms with Crippen molar-refractivity contribution in [3.8, 4) is 0 Å². The molecule has 0 spiro atoms. The third kappa shape index (κ3) is 2.82. The highest BCUT2D eigenvalue weighted by molar-refractivity contribution is 5.72. The Morgan fingerprint density at radius 1 is 1.33 bits per heavy atom. The van der Waals surface area contributed by atoms with E-state index in [0.717, 1.165) is 12.1 Å². The van der Waals surface area contributed by atoms with Crippen molar-refractivity contribution in [2.75, 3.05) is 6.54 Å². The van der Waals surface area contributed by atoms with Gasteiger partial charge in [0.25, 0.3) is 5.56 Å². The zero-order chi connectivity index (χ0) is 14.7. The summed E-state index contributed by atoms with van der Waals surface area (Å²) in [6.45, 7) is 1.98. The average Bonchev–Trinajstić information content (AvgIpc) is 2.89. The molecule has 0 aromatic carbocycles. The topological polar surface area (TPSA) is 77.6 Å². The van der Waals surface area contributed by atoms with E-state index >= 15 is 0 Å². The molecular weight excluding hydrogens is 268 g/mol. The van der Waals surface area contributed by atoms with Crippen molar-refractivity contribution in [3.63, 3.8) is 0 Å². The van der Waals surface area contributed by atoms with E-state index in [1.54, 1.807) is 35.0 Å². The van der Waals surface area contributed by atoms with Crippen LogP contribution >= 0.6 is 0 Å². The summed E-state index contributed by atoms with van der Waals surface area (Å²) >= 11 is 0. The largest absolute Gasteiger partial charge is 0.311 e. The number of nitrogens with zero attached hydrogens (tertiary/aromatic N) is 5. The smallest absolute Gasteiger partial charge is 0.264 e. The van der Waals surface area contributed by atoms with E-state index in [1.165, 1.54) is 0 Å². The van der Waals surface area contributed by atoms with E-state index in [0.29, 0.717) is 24.1 Å². The fourth-order valence-electron chi connectivity index (χ4n) is 2.16. The Kier molecular flexibility index (Phi) is 3.74. The van der Waals surface area contributed by atoms with Gasteiger partial charge in [-0.1, -0.05) is 6.07 Å². The normalized spacial score (nSPS) is 11.1. The number of aromatic nitrogens is 5. The van der Waals surface area contributed by atoms with E-state index in [9.17, 15) is 4.79 Å². The molecule has 7 heteroatoms. The number of pyridine rings is 1. The maximum absolute atomic E-state index is 12.2. The molecule has 0 fully saturated rings. The summed E-state index contributed by atoms with van der Waals surface area (Å²) in [4.78, 5) is 20.6. The Morgan fingerprint density at radius 2 is 2.24 bits per heavy atom. The van der Waals surface area contributed by atoms with Gasteiger partial charge in [-0.15, -0.1) is 0 Å². The van der Waals surface area contributed by atoms with Crippen LogP contribution in [0.25, 0.3) is 11.0 Å². The average molecular weight is 284 g/mol. The summed E-state index contributed by atoms with van der Waals surface area (Å²) < 4.78 is 3.20. The number of aryl methyl sites for hydroxylation is 1. The standard InChI is InChI=1S/C14H16N6O/c1-19-13-12(9-18-19)14(21)20(10-17-13)6-5-16-8-11-3-2-4-15-7-11/h2-4,7,9-10,16H,5-6,8H2,1H3. The zero-order valence-electron chi connectivity index (χ0n) is 11.7. The molecule has 0 atom stereocenters. The van der Waals surface area contributed by atoms with Crippen LogP contribution in [0.4, 0.5) is 0 Å². The second kappa shape index (κ2) is 5.84. The molecule has 0 amide bonds. The van der Waals surface area contributed by atoms with Crippen LogP contribution < -0.4 is 10.9 Å². The predicted octanol–water partition coefficient (Wildman–Crippen LogP) is 0.315. The van der Waals surface area contributed by atoms with E-state index in [4.69, 9.17) is 0 Å². The SMILES string of the molecule is Cn1ncc2c(=O)n(CCNCc3cccnc3)cnc21. The van der Waals surface area contributed by atoms with E-state index in [1.807, 2.05) is 18.3 Å². The van der Waals surface area contributed by atoms with Gasteiger partial charge in [0, 0.05) is 39.1 Å². The van der Waals surface area contributed by atoms with Crippen LogP contribution in [0.2, 0.25) is 0 Å². The molecule has 3 aromatic rings. The minimum absolute atomic E-state index is 0.0590. The van der Waals surface area contributed by atoms with Crippen LogP contribution in [0.15, 0.2) is 41.8 Å². The second-order valence-corrected chi connectivity index (χ2v) is 4.79. The molecule has 0 aliphatic carbocycles. The first-order valence-corrected chi connectivity index (χ1v) is 6.72. The van der Waals surface area contributed by atoms with Crippen LogP contribution in [0.1, 0.15) is 5.56 Å². The maximum atomic E-state index is 12.2. The van der Waals surface area contributed by atoms with Gasteiger partial charge in [-0.25, -0.2) is 4.98 Å². The van der Waals surface area contributed by atoms with Crippen molar-refractivity contribution in [1.29, 1.82) is 0 Å². The third-order valence-electron chi connectivity index (χ3n) is 3.30. The molecule has 3 aromatic heterocycles. The van der Waals surface area contributed by atoms with E-state index < -0.39 is 0 Å². The molecule has 0 bridgehead atoms. The predicted molar refractivity (Wildman–Crippen MR) is 78.7 cm³/mol. The Morgan fingerprint density at radius 3 is 3.05 bits per heavy atom. The highest BCUT2D eigenvalue weighted by Gasteiger charge is 2.07. The van der Waals surface area contributed by atoms with Crippen molar-refractivity contribution in [2.45, 2.75) is 13.1 Å². The lowest BCUT2D eigenvalue weighted by Crippen LogP contribution is -2.27. The molecule has 7 nitrogen and oxygen atoms in total. The summed E-state index contributed by atoms with van der Waals surface area (Å²) in [5.41, 5.74) is 1.67. The molecule has 3 rings (SSSR count). The molecule has 0 saturated heterocycles. The number of nitrogens with one attached hydrogen (secondary N) is 1. The van der Waals surface area contributed by atoms with Crippen LogP contribution in [0.5, 0.6) is 0 Å². The van der Waals surface area contributed by atoms with Crippen LogP contribution in [0, 0.1) is 0 Å². The van der Waals surface area contributed by atoms with Crippen molar-refractivity contribution >= 4 is 11.0 Å². The Labute approximate surface area is 121 Å². The fraction of sp³-hybridized carbons (Fsp3) is 0.286. The van der Waals surface area contributed by atoms with Gasteiger partial charge < -0.3 is 5.32 Å². The number of rotatable bonds is 5. The number of fused-ring (bicyclic) bond motifs is 1. The van der Waals surface area contributed by atoms with Crippen LogP contribution in [-0.4, -0.2) is 30.9 Å². The number of hydrogen-bond donors (Lipinski definition) is 1. The van der Waals surface area contributed by atoms with Gasteiger partial charge in [0.05, 0.1) is 6.20 Å². The fourth-order valence-corrected chi connectivity index (χ4v) is 2.16. The number of hydrogen-bond acceptors (Lipinski definition) is 5. The first-order chi connectivity index (χ1) is 10.3. The molecule has 0 aliphatic heterocycles. The first-order valence-electron chi connectivity index (χ1n) is 6.72. The quantitative estimate of drug-likeness (QED) is 0.683. The first kappa shape index (κ1) is 13.4. The van der Waals surface area contributed by atoms with Crippen molar-refractivity contribution in [2.24, 2.45) is 7.05 Å². The van der Waals surface area contributed by atoms with Gasteiger partial charge >= 0.3 is 0 Å². The Balaban J connectivity index is 1.63. The minimum atomic E-state index is -0.0590. The monoisotopic (exact) mass is 284 g/mol. The lowest BCUT2D eigenvalue weighted by Gasteiger charge is -2.07. The maximum Gasteiger partial charge on any atom is 0.264 e. The molecule has 0 unspecified atom stereocenters. The van der Waals surface area contributed by atoms with Gasteiger partial charge in [-0.2, -0.15) is 5.10 Å². The van der Waals surface area contributed by atoms with Gasteiger partial charge in [0.2, 0.25) is 0 Å². The Bertz CT molecular complexity index is 792. The zero-order valence-corrected chi connectivity index (χ0v) is 11.7. The molecule has 0 saturated carbocycles. The molecule has 0 aliphatic rings. The molecule has 1 N–H and O–H groups in total. The van der Waals surface area contributed by atoms with Crippen molar-refractivity contribution in [1.82, 2.24) is 29.6 Å². The summed E-state index contributed by atoms with van der Waals surface area (Å²) in [7, 11) is 1.77. The third-order valence-corrected chi connectivity index (χ3v) is 3.30. The van der Waals surface area contributed by atoms with Crippen molar-refractivity contribution in [3.05, 3.63) is 53.0 Å². The van der Waals surface area contributed by atoms with Crippen molar-refractivity contribution < 1.29 is 0 Å². The van der Waals surface area contributed by atoms with Crippen LogP contribution in [0.3, 0.4) is 0 Å². The summed E-state index contributed by atoms with van der Waals surface area (Å²) in [5, 5.41) is 7.88. The lowest BCUT2D eigenvalue weighted by atomic mass is 10.3.